The Hall–Kier alpha value is -3.99. The van der Waals surface area contributed by atoms with Crippen molar-refractivity contribution in [2.45, 2.75) is 20.4 Å². The minimum absolute atomic E-state index is 0.161. The molecule has 2 aromatic heterocycles. The Kier molecular flexibility index (Phi) is 4.80. The van der Waals surface area contributed by atoms with Gasteiger partial charge in [-0.15, -0.1) is 0 Å². The highest BCUT2D eigenvalue weighted by Gasteiger charge is 2.19. The number of halogens is 2. The molecule has 0 aliphatic rings. The summed E-state index contributed by atoms with van der Waals surface area (Å²) in [4.78, 5) is 16.0. The molecule has 6 nitrogen and oxygen atoms in total. The highest BCUT2D eigenvalue weighted by molar-refractivity contribution is 5.80. The topological polar surface area (TPSA) is 86.0 Å². The van der Waals surface area contributed by atoms with Gasteiger partial charge in [0, 0.05) is 28.6 Å². The maximum atomic E-state index is 14.4. The van der Waals surface area contributed by atoms with Gasteiger partial charge in [-0.1, -0.05) is 0 Å². The highest BCUT2D eigenvalue weighted by atomic mass is 19.1. The molecule has 0 aliphatic carbocycles. The Morgan fingerprint density at radius 2 is 1.90 bits per heavy atom. The predicted octanol–water partition coefficient (Wildman–Crippen LogP) is 4.07. The van der Waals surface area contributed by atoms with Gasteiger partial charge in [-0.05, 0) is 50.2 Å². The summed E-state index contributed by atoms with van der Waals surface area (Å²) in [5, 5.41) is 16.3. The molecular formula is C22H17F2N5O. The number of aryl methyl sites for hydroxylation is 1. The Labute approximate surface area is 170 Å². The van der Waals surface area contributed by atoms with Crippen LogP contribution in [0.1, 0.15) is 22.5 Å². The summed E-state index contributed by atoms with van der Waals surface area (Å²) in [6, 6.07) is 12.3. The van der Waals surface area contributed by atoms with Gasteiger partial charge in [0.1, 0.15) is 17.3 Å². The first-order chi connectivity index (χ1) is 14.4. The first-order valence-electron chi connectivity index (χ1n) is 9.19. The molecule has 2 heterocycles. The first kappa shape index (κ1) is 19.3. The molecule has 0 saturated heterocycles. The van der Waals surface area contributed by atoms with Crippen molar-refractivity contribution in [3.05, 3.63) is 87.0 Å². The van der Waals surface area contributed by atoms with Gasteiger partial charge < -0.3 is 10.3 Å². The molecule has 0 atom stereocenters. The second-order valence-electron chi connectivity index (χ2n) is 6.92. The summed E-state index contributed by atoms with van der Waals surface area (Å²) in [5.74, 6) is -1.41. The third kappa shape index (κ3) is 3.31. The van der Waals surface area contributed by atoms with E-state index in [-0.39, 0.29) is 11.1 Å². The van der Waals surface area contributed by atoms with Crippen LogP contribution in [-0.2, 0) is 6.54 Å². The number of aromatic nitrogens is 3. The third-order valence-corrected chi connectivity index (χ3v) is 4.98. The van der Waals surface area contributed by atoms with Crippen LogP contribution >= 0.6 is 0 Å². The fraction of sp³-hybridized carbons (Fsp3) is 0.136. The molecule has 0 saturated carbocycles. The molecule has 2 N–H and O–H groups in total. The lowest BCUT2D eigenvalue weighted by Gasteiger charge is -2.11. The van der Waals surface area contributed by atoms with E-state index in [4.69, 9.17) is 5.26 Å². The Balaban J connectivity index is 1.78. The molecule has 8 heteroatoms. The van der Waals surface area contributed by atoms with Gasteiger partial charge in [-0.25, -0.2) is 8.78 Å². The molecule has 30 heavy (non-hydrogen) atoms. The van der Waals surface area contributed by atoms with E-state index in [1.807, 2.05) is 0 Å². The maximum absolute atomic E-state index is 14.4. The Morgan fingerprint density at radius 3 is 2.57 bits per heavy atom. The zero-order valence-electron chi connectivity index (χ0n) is 16.3. The van der Waals surface area contributed by atoms with Crippen LogP contribution in [0.25, 0.3) is 16.8 Å². The van der Waals surface area contributed by atoms with Gasteiger partial charge in [0.05, 0.1) is 29.4 Å². The number of H-pyrrole nitrogens is 1. The Bertz CT molecular complexity index is 1360. The van der Waals surface area contributed by atoms with E-state index in [1.165, 1.54) is 16.6 Å². The molecule has 2 aromatic carbocycles. The number of fused-ring (bicyclic) bond motifs is 1. The van der Waals surface area contributed by atoms with Crippen molar-refractivity contribution in [2.75, 3.05) is 5.32 Å². The van der Waals surface area contributed by atoms with Crippen molar-refractivity contribution >= 4 is 11.3 Å². The number of hydrogen-bond acceptors (Lipinski definition) is 4. The quantitative estimate of drug-likeness (QED) is 0.536. The van der Waals surface area contributed by atoms with Crippen LogP contribution in [0, 0.1) is 36.8 Å². The SMILES string of the molecule is Cc1nn2c(=O)c(C)c(CNc3ccc(C#N)cc3)[nH]c2c1-c1ccc(F)cc1F. The second-order valence-corrected chi connectivity index (χ2v) is 6.92. The van der Waals surface area contributed by atoms with Gasteiger partial charge in [0.15, 0.2) is 0 Å². The molecular weight excluding hydrogens is 388 g/mol. The summed E-state index contributed by atoms with van der Waals surface area (Å²) in [6.07, 6.45) is 0. The van der Waals surface area contributed by atoms with E-state index >= 15 is 0 Å². The Morgan fingerprint density at radius 1 is 1.17 bits per heavy atom. The maximum Gasteiger partial charge on any atom is 0.277 e. The minimum atomic E-state index is -0.730. The van der Waals surface area contributed by atoms with Crippen LogP contribution in [-0.4, -0.2) is 14.6 Å². The van der Waals surface area contributed by atoms with Crippen molar-refractivity contribution in [3.63, 3.8) is 0 Å². The zero-order valence-corrected chi connectivity index (χ0v) is 16.3. The number of nitrogens with zero attached hydrogens (tertiary/aromatic N) is 3. The van der Waals surface area contributed by atoms with Gasteiger partial charge in [0.25, 0.3) is 5.56 Å². The van der Waals surface area contributed by atoms with Gasteiger partial charge in [-0.2, -0.15) is 14.9 Å². The molecule has 0 fully saturated rings. The van der Waals surface area contributed by atoms with E-state index in [0.717, 1.165) is 11.8 Å². The van der Waals surface area contributed by atoms with Crippen LogP contribution in [0.15, 0.2) is 47.3 Å². The number of hydrogen-bond donors (Lipinski definition) is 2. The van der Waals surface area contributed by atoms with Crippen LogP contribution in [0.3, 0.4) is 0 Å². The van der Waals surface area contributed by atoms with E-state index in [0.29, 0.717) is 40.3 Å². The molecule has 0 unspecified atom stereocenters. The largest absolute Gasteiger partial charge is 0.379 e. The molecule has 0 bridgehead atoms. The molecule has 0 spiro atoms. The number of nitrogens with one attached hydrogen (secondary N) is 2. The fourth-order valence-electron chi connectivity index (χ4n) is 3.36. The lowest BCUT2D eigenvalue weighted by Crippen LogP contribution is -2.21. The van der Waals surface area contributed by atoms with Crippen molar-refractivity contribution in [1.82, 2.24) is 14.6 Å². The lowest BCUT2D eigenvalue weighted by atomic mass is 10.1. The lowest BCUT2D eigenvalue weighted by molar-refractivity contribution is 0.585. The number of aromatic amines is 1. The summed E-state index contributed by atoms with van der Waals surface area (Å²) in [6.45, 7) is 3.66. The molecule has 4 aromatic rings. The van der Waals surface area contributed by atoms with E-state index in [2.05, 4.69) is 21.5 Å². The average molecular weight is 405 g/mol. The summed E-state index contributed by atoms with van der Waals surface area (Å²) in [7, 11) is 0. The molecule has 0 radical (unpaired) electrons. The summed E-state index contributed by atoms with van der Waals surface area (Å²) < 4.78 is 29.0. The van der Waals surface area contributed by atoms with E-state index < -0.39 is 11.6 Å². The van der Waals surface area contributed by atoms with Crippen LogP contribution in [0.2, 0.25) is 0 Å². The van der Waals surface area contributed by atoms with Crippen molar-refractivity contribution < 1.29 is 8.78 Å². The number of benzene rings is 2. The standard InChI is InChI=1S/C22H17F2N5O/c1-12-19(11-26-16-6-3-14(10-25)4-7-16)27-21-20(13(2)28-29(21)22(12)30)17-8-5-15(23)9-18(17)24/h3-9,26-27H,11H2,1-2H3. The highest BCUT2D eigenvalue weighted by Crippen LogP contribution is 2.29. The van der Waals surface area contributed by atoms with Crippen LogP contribution in [0.5, 0.6) is 0 Å². The van der Waals surface area contributed by atoms with Crippen molar-refractivity contribution in [3.8, 4) is 17.2 Å². The van der Waals surface area contributed by atoms with Gasteiger partial charge in [-0.3, -0.25) is 4.79 Å². The van der Waals surface area contributed by atoms with Gasteiger partial charge >= 0.3 is 0 Å². The normalized spacial score (nSPS) is 10.9. The number of rotatable bonds is 4. The van der Waals surface area contributed by atoms with E-state index in [9.17, 15) is 13.6 Å². The van der Waals surface area contributed by atoms with E-state index in [1.54, 1.807) is 38.1 Å². The number of nitriles is 1. The number of anilines is 1. The average Bonchev–Trinajstić information content (AvgIpc) is 3.06. The molecule has 150 valence electrons. The molecule has 4 rings (SSSR count). The summed E-state index contributed by atoms with van der Waals surface area (Å²) >= 11 is 0. The van der Waals surface area contributed by atoms with Crippen molar-refractivity contribution in [2.24, 2.45) is 0 Å². The smallest absolute Gasteiger partial charge is 0.277 e. The summed E-state index contributed by atoms with van der Waals surface area (Å²) in [5.41, 5.74) is 3.44. The molecule has 0 amide bonds. The second kappa shape index (κ2) is 7.44. The minimum Gasteiger partial charge on any atom is -0.379 e. The van der Waals surface area contributed by atoms with Crippen LogP contribution in [0.4, 0.5) is 14.5 Å². The fourth-order valence-corrected chi connectivity index (χ4v) is 3.36. The van der Waals surface area contributed by atoms with Gasteiger partial charge in [0.2, 0.25) is 0 Å². The monoisotopic (exact) mass is 405 g/mol. The molecule has 0 aliphatic heterocycles. The predicted molar refractivity (Wildman–Crippen MR) is 109 cm³/mol. The van der Waals surface area contributed by atoms with Crippen molar-refractivity contribution in [1.29, 1.82) is 5.26 Å². The first-order valence-corrected chi connectivity index (χ1v) is 9.19. The van der Waals surface area contributed by atoms with Crippen LogP contribution < -0.4 is 10.9 Å². The zero-order chi connectivity index (χ0) is 21.4. The third-order valence-electron chi connectivity index (χ3n) is 4.98.